The van der Waals surface area contributed by atoms with Crippen LogP contribution in [0.2, 0.25) is 0 Å². The normalized spacial score (nSPS) is 15.0. The van der Waals surface area contributed by atoms with E-state index in [1.54, 1.807) is 7.11 Å². The summed E-state index contributed by atoms with van der Waals surface area (Å²) >= 11 is 0. The maximum Gasteiger partial charge on any atom is 0.251 e. The van der Waals surface area contributed by atoms with Crippen LogP contribution in [0, 0.1) is 11.7 Å². The summed E-state index contributed by atoms with van der Waals surface area (Å²) in [6.45, 7) is 4.81. The van der Waals surface area contributed by atoms with Crippen LogP contribution in [0.3, 0.4) is 0 Å². The minimum atomic E-state index is -0.720. The SMILES string of the molecule is COc1ccccc1CC(=O)N1CCC(NC(=O)C(NC(=O)c2ccc(F)cc2)C(C)C)CC1. The van der Waals surface area contributed by atoms with E-state index in [-0.39, 0.29) is 30.2 Å². The number of rotatable bonds is 8. The van der Waals surface area contributed by atoms with E-state index in [0.717, 1.165) is 5.56 Å². The van der Waals surface area contributed by atoms with Gasteiger partial charge in [0.15, 0.2) is 0 Å². The second kappa shape index (κ2) is 11.6. The zero-order valence-electron chi connectivity index (χ0n) is 19.8. The highest BCUT2D eigenvalue weighted by atomic mass is 19.1. The lowest BCUT2D eigenvalue weighted by Gasteiger charge is -2.33. The van der Waals surface area contributed by atoms with Crippen LogP contribution in [0.25, 0.3) is 0 Å². The quantitative estimate of drug-likeness (QED) is 0.622. The molecule has 1 saturated heterocycles. The van der Waals surface area contributed by atoms with Gasteiger partial charge in [0, 0.05) is 30.3 Å². The van der Waals surface area contributed by atoms with Crippen molar-refractivity contribution in [1.82, 2.24) is 15.5 Å². The molecule has 1 heterocycles. The highest BCUT2D eigenvalue weighted by Gasteiger charge is 2.29. The molecule has 7 nitrogen and oxygen atoms in total. The maximum atomic E-state index is 13.1. The fourth-order valence-electron chi connectivity index (χ4n) is 4.05. The molecule has 2 aromatic carbocycles. The Morgan fingerprint density at radius 2 is 1.71 bits per heavy atom. The zero-order chi connectivity index (χ0) is 24.7. The van der Waals surface area contributed by atoms with Crippen molar-refractivity contribution in [3.05, 3.63) is 65.5 Å². The Morgan fingerprint density at radius 1 is 1.06 bits per heavy atom. The molecule has 1 aliphatic heterocycles. The molecule has 1 atom stereocenters. The van der Waals surface area contributed by atoms with Crippen LogP contribution in [0.5, 0.6) is 5.75 Å². The van der Waals surface area contributed by atoms with E-state index in [2.05, 4.69) is 10.6 Å². The van der Waals surface area contributed by atoms with Crippen LogP contribution in [-0.2, 0) is 16.0 Å². The van der Waals surface area contributed by atoms with Gasteiger partial charge in [-0.25, -0.2) is 4.39 Å². The van der Waals surface area contributed by atoms with E-state index in [1.165, 1.54) is 24.3 Å². The summed E-state index contributed by atoms with van der Waals surface area (Å²) in [5, 5.41) is 5.78. The van der Waals surface area contributed by atoms with Gasteiger partial charge in [0.2, 0.25) is 11.8 Å². The number of piperidine rings is 1. The van der Waals surface area contributed by atoms with Crippen molar-refractivity contribution in [3.8, 4) is 5.75 Å². The lowest BCUT2D eigenvalue weighted by Crippen LogP contribution is -2.54. The van der Waals surface area contributed by atoms with Crippen LogP contribution in [-0.4, -0.2) is 54.9 Å². The second-order valence-electron chi connectivity index (χ2n) is 8.85. The number of hydrogen-bond donors (Lipinski definition) is 2. The Morgan fingerprint density at radius 3 is 2.32 bits per heavy atom. The fraction of sp³-hybridized carbons (Fsp3) is 0.423. The molecule has 182 valence electrons. The molecule has 1 aliphatic rings. The van der Waals surface area contributed by atoms with Gasteiger partial charge in [0.1, 0.15) is 17.6 Å². The standard InChI is InChI=1S/C26H32FN3O4/c1-17(2)24(29-25(32)18-8-10-20(27)11-9-18)26(33)28-21-12-14-30(15-13-21)23(31)16-19-6-4-5-7-22(19)34-3/h4-11,17,21,24H,12-16H2,1-3H3,(H,28,33)(H,29,32). The summed E-state index contributed by atoms with van der Waals surface area (Å²) in [6, 6.07) is 11.9. The molecular formula is C26H32FN3O4. The second-order valence-corrected chi connectivity index (χ2v) is 8.85. The molecule has 3 amide bonds. The number of carbonyl (C=O) groups excluding carboxylic acids is 3. The van der Waals surface area contributed by atoms with Gasteiger partial charge >= 0.3 is 0 Å². The lowest BCUT2D eigenvalue weighted by atomic mass is 9.99. The number of methoxy groups -OCH3 is 1. The van der Waals surface area contributed by atoms with Gasteiger partial charge < -0.3 is 20.3 Å². The molecule has 0 spiro atoms. The maximum absolute atomic E-state index is 13.1. The summed E-state index contributed by atoms with van der Waals surface area (Å²) in [5.41, 5.74) is 1.14. The summed E-state index contributed by atoms with van der Waals surface area (Å²) < 4.78 is 18.5. The summed E-state index contributed by atoms with van der Waals surface area (Å²) in [6.07, 6.45) is 1.55. The monoisotopic (exact) mass is 469 g/mol. The molecule has 34 heavy (non-hydrogen) atoms. The van der Waals surface area contributed by atoms with E-state index < -0.39 is 17.8 Å². The first-order valence-corrected chi connectivity index (χ1v) is 11.5. The molecule has 2 N–H and O–H groups in total. The number of nitrogens with one attached hydrogen (secondary N) is 2. The van der Waals surface area contributed by atoms with Crippen molar-refractivity contribution in [2.45, 2.75) is 45.2 Å². The first-order valence-electron chi connectivity index (χ1n) is 11.5. The van der Waals surface area contributed by atoms with Crippen LogP contribution >= 0.6 is 0 Å². The number of carbonyl (C=O) groups is 3. The van der Waals surface area contributed by atoms with Gasteiger partial charge in [-0.15, -0.1) is 0 Å². The minimum Gasteiger partial charge on any atom is -0.496 e. The Labute approximate surface area is 199 Å². The predicted molar refractivity (Wildman–Crippen MR) is 127 cm³/mol. The van der Waals surface area contributed by atoms with Crippen LogP contribution in [0.4, 0.5) is 4.39 Å². The lowest BCUT2D eigenvalue weighted by molar-refractivity contribution is -0.131. The van der Waals surface area contributed by atoms with Gasteiger partial charge in [0.05, 0.1) is 13.5 Å². The summed E-state index contributed by atoms with van der Waals surface area (Å²) in [4.78, 5) is 40.0. The Kier molecular flexibility index (Phi) is 8.62. The van der Waals surface area contributed by atoms with E-state index in [4.69, 9.17) is 4.74 Å². The number of likely N-dealkylation sites (tertiary alicyclic amines) is 1. The molecule has 2 aromatic rings. The third-order valence-electron chi connectivity index (χ3n) is 6.07. The minimum absolute atomic E-state index is 0.0286. The average Bonchev–Trinajstić information content (AvgIpc) is 2.83. The number of halogens is 1. The molecule has 1 unspecified atom stereocenters. The van der Waals surface area contributed by atoms with E-state index in [0.29, 0.717) is 37.2 Å². The Balaban J connectivity index is 1.51. The zero-order valence-corrected chi connectivity index (χ0v) is 19.8. The number of amides is 3. The number of hydrogen-bond acceptors (Lipinski definition) is 4. The van der Waals surface area contributed by atoms with Crippen molar-refractivity contribution in [2.24, 2.45) is 5.92 Å². The average molecular weight is 470 g/mol. The van der Waals surface area contributed by atoms with E-state index in [9.17, 15) is 18.8 Å². The number of para-hydroxylation sites is 1. The Hall–Kier alpha value is -3.42. The molecule has 1 fully saturated rings. The molecular weight excluding hydrogens is 437 g/mol. The predicted octanol–water partition coefficient (Wildman–Crippen LogP) is 2.94. The van der Waals surface area contributed by atoms with Crippen molar-refractivity contribution in [1.29, 1.82) is 0 Å². The van der Waals surface area contributed by atoms with Crippen molar-refractivity contribution < 1.29 is 23.5 Å². The van der Waals surface area contributed by atoms with Crippen molar-refractivity contribution >= 4 is 17.7 Å². The van der Waals surface area contributed by atoms with Gasteiger partial charge in [-0.3, -0.25) is 14.4 Å². The van der Waals surface area contributed by atoms with E-state index >= 15 is 0 Å². The van der Waals surface area contributed by atoms with E-state index in [1.807, 2.05) is 43.0 Å². The van der Waals surface area contributed by atoms with Crippen LogP contribution < -0.4 is 15.4 Å². The third-order valence-corrected chi connectivity index (χ3v) is 6.07. The van der Waals surface area contributed by atoms with Crippen LogP contribution in [0.15, 0.2) is 48.5 Å². The largest absolute Gasteiger partial charge is 0.496 e. The van der Waals surface area contributed by atoms with Gasteiger partial charge in [0.25, 0.3) is 5.91 Å². The number of nitrogens with zero attached hydrogens (tertiary/aromatic N) is 1. The van der Waals surface area contributed by atoms with Crippen molar-refractivity contribution in [2.75, 3.05) is 20.2 Å². The summed E-state index contributed by atoms with van der Waals surface area (Å²) in [5.74, 6) is -0.523. The first-order chi connectivity index (χ1) is 16.3. The van der Waals surface area contributed by atoms with Gasteiger partial charge in [-0.2, -0.15) is 0 Å². The molecule has 3 rings (SSSR count). The molecule has 8 heteroatoms. The van der Waals surface area contributed by atoms with Crippen LogP contribution in [0.1, 0.15) is 42.6 Å². The number of ether oxygens (including phenoxy) is 1. The highest BCUT2D eigenvalue weighted by molar-refractivity contribution is 5.97. The van der Waals surface area contributed by atoms with Crippen molar-refractivity contribution in [3.63, 3.8) is 0 Å². The highest BCUT2D eigenvalue weighted by Crippen LogP contribution is 2.20. The molecule has 0 aromatic heterocycles. The Bertz CT molecular complexity index is 1000. The third kappa shape index (κ3) is 6.56. The smallest absolute Gasteiger partial charge is 0.251 e. The summed E-state index contributed by atoms with van der Waals surface area (Å²) in [7, 11) is 1.59. The fourth-order valence-corrected chi connectivity index (χ4v) is 4.05. The number of benzene rings is 2. The molecule has 0 radical (unpaired) electrons. The molecule has 0 bridgehead atoms. The topological polar surface area (TPSA) is 87.7 Å². The molecule has 0 saturated carbocycles. The van der Waals surface area contributed by atoms with Gasteiger partial charge in [-0.05, 0) is 49.1 Å². The van der Waals surface area contributed by atoms with Gasteiger partial charge in [-0.1, -0.05) is 32.0 Å². The first kappa shape index (κ1) is 25.2. The molecule has 0 aliphatic carbocycles.